The molecule has 0 aliphatic heterocycles. The SMILES string of the molecule is CN(C(=O)C1CC1)c1ccc(CC(NC(=O)OC(C)(C)C)C(=O)Nc2ccc(C(=O)OC(C)(C)C)cc2)cc1. The minimum absolute atomic E-state index is 0.101. The maximum Gasteiger partial charge on any atom is 0.408 e. The van der Waals surface area contributed by atoms with Crippen molar-refractivity contribution in [1.29, 1.82) is 0 Å². The lowest BCUT2D eigenvalue weighted by molar-refractivity contribution is -0.119. The van der Waals surface area contributed by atoms with E-state index >= 15 is 0 Å². The Morgan fingerprint density at radius 1 is 0.872 bits per heavy atom. The number of benzene rings is 2. The largest absolute Gasteiger partial charge is 0.456 e. The second kappa shape index (κ2) is 11.9. The highest BCUT2D eigenvalue weighted by Gasteiger charge is 2.32. The Bertz CT molecular complexity index is 1190. The van der Waals surface area contributed by atoms with Gasteiger partial charge in [0, 0.05) is 30.8 Å². The Morgan fingerprint density at radius 2 is 1.44 bits per heavy atom. The molecule has 39 heavy (non-hydrogen) atoms. The van der Waals surface area contributed by atoms with Crippen molar-refractivity contribution in [2.45, 2.75) is 78.0 Å². The van der Waals surface area contributed by atoms with Crippen molar-refractivity contribution in [2.24, 2.45) is 5.92 Å². The number of alkyl carbamates (subject to hydrolysis) is 1. The Kier molecular flexibility index (Phi) is 9.04. The first-order valence-electron chi connectivity index (χ1n) is 13.1. The van der Waals surface area contributed by atoms with E-state index in [9.17, 15) is 19.2 Å². The van der Waals surface area contributed by atoms with Crippen LogP contribution in [0.3, 0.4) is 0 Å². The molecule has 3 amide bonds. The van der Waals surface area contributed by atoms with E-state index in [0.717, 1.165) is 24.1 Å². The molecule has 1 fully saturated rings. The van der Waals surface area contributed by atoms with Crippen molar-refractivity contribution >= 4 is 35.3 Å². The summed E-state index contributed by atoms with van der Waals surface area (Å²) in [6.07, 6.45) is 1.34. The van der Waals surface area contributed by atoms with Crippen LogP contribution in [0.15, 0.2) is 48.5 Å². The number of amides is 3. The molecule has 210 valence electrons. The molecule has 2 aromatic carbocycles. The van der Waals surface area contributed by atoms with Gasteiger partial charge in [-0.1, -0.05) is 12.1 Å². The summed E-state index contributed by atoms with van der Waals surface area (Å²) in [5.74, 6) is -0.697. The topological polar surface area (TPSA) is 114 Å². The average molecular weight is 538 g/mol. The minimum Gasteiger partial charge on any atom is -0.456 e. The zero-order valence-electron chi connectivity index (χ0n) is 23.8. The zero-order valence-corrected chi connectivity index (χ0v) is 23.8. The maximum absolute atomic E-state index is 13.2. The highest BCUT2D eigenvalue weighted by molar-refractivity contribution is 5.98. The van der Waals surface area contributed by atoms with Gasteiger partial charge in [0.05, 0.1) is 5.56 Å². The van der Waals surface area contributed by atoms with Crippen LogP contribution in [-0.4, -0.2) is 48.2 Å². The predicted molar refractivity (Wildman–Crippen MR) is 150 cm³/mol. The Hall–Kier alpha value is -3.88. The Morgan fingerprint density at radius 3 is 1.95 bits per heavy atom. The number of ether oxygens (including phenoxy) is 2. The summed E-state index contributed by atoms with van der Waals surface area (Å²) in [6.45, 7) is 10.6. The fourth-order valence-electron chi connectivity index (χ4n) is 3.74. The van der Waals surface area contributed by atoms with Crippen LogP contribution in [0.2, 0.25) is 0 Å². The van der Waals surface area contributed by atoms with Crippen molar-refractivity contribution < 1.29 is 28.7 Å². The molecule has 1 saturated carbocycles. The monoisotopic (exact) mass is 537 g/mol. The first kappa shape index (κ1) is 29.7. The minimum atomic E-state index is -0.943. The van der Waals surface area contributed by atoms with E-state index in [-0.39, 0.29) is 18.2 Å². The third kappa shape index (κ3) is 9.42. The second-order valence-electron chi connectivity index (χ2n) is 11.8. The normalized spacial score (nSPS) is 14.1. The number of hydrogen-bond acceptors (Lipinski definition) is 6. The summed E-state index contributed by atoms with van der Waals surface area (Å²) in [5, 5.41) is 5.46. The van der Waals surface area contributed by atoms with E-state index in [1.54, 1.807) is 77.8 Å². The third-order valence-corrected chi connectivity index (χ3v) is 5.82. The lowest BCUT2D eigenvalue weighted by atomic mass is 10.0. The molecule has 0 heterocycles. The van der Waals surface area contributed by atoms with Crippen molar-refractivity contribution in [1.82, 2.24) is 5.32 Å². The molecule has 0 spiro atoms. The highest BCUT2D eigenvalue weighted by atomic mass is 16.6. The summed E-state index contributed by atoms with van der Waals surface area (Å²) in [6, 6.07) is 12.7. The molecule has 1 aliphatic rings. The fraction of sp³-hybridized carbons (Fsp3) is 0.467. The summed E-state index contributed by atoms with van der Waals surface area (Å²) < 4.78 is 10.7. The fourth-order valence-corrected chi connectivity index (χ4v) is 3.74. The number of carbonyl (C=O) groups excluding carboxylic acids is 4. The van der Waals surface area contributed by atoms with Gasteiger partial charge in [-0.05, 0) is 96.3 Å². The quantitative estimate of drug-likeness (QED) is 0.454. The van der Waals surface area contributed by atoms with Crippen LogP contribution in [0.25, 0.3) is 0 Å². The van der Waals surface area contributed by atoms with Crippen LogP contribution < -0.4 is 15.5 Å². The number of esters is 1. The van der Waals surface area contributed by atoms with Crippen LogP contribution in [0.5, 0.6) is 0 Å². The van der Waals surface area contributed by atoms with Crippen LogP contribution in [-0.2, 0) is 25.5 Å². The van der Waals surface area contributed by atoms with E-state index in [1.807, 2.05) is 24.3 Å². The Labute approximate surface area is 230 Å². The summed E-state index contributed by atoms with van der Waals surface area (Å²) in [5.41, 5.74) is 1.02. The van der Waals surface area contributed by atoms with Crippen molar-refractivity contribution in [3.63, 3.8) is 0 Å². The van der Waals surface area contributed by atoms with Gasteiger partial charge in [0.2, 0.25) is 11.8 Å². The number of hydrogen-bond donors (Lipinski definition) is 2. The molecule has 1 aliphatic carbocycles. The van der Waals surface area contributed by atoms with Gasteiger partial charge in [-0.25, -0.2) is 9.59 Å². The van der Waals surface area contributed by atoms with E-state index < -0.39 is 35.2 Å². The van der Waals surface area contributed by atoms with Gasteiger partial charge in [-0.2, -0.15) is 0 Å². The van der Waals surface area contributed by atoms with Crippen LogP contribution in [0.4, 0.5) is 16.2 Å². The summed E-state index contributed by atoms with van der Waals surface area (Å²) in [4.78, 5) is 52.1. The molecule has 2 aromatic rings. The van der Waals surface area contributed by atoms with Crippen molar-refractivity contribution in [3.8, 4) is 0 Å². The standard InChI is InChI=1S/C30H39N3O6/c1-29(2,3)38-27(36)21-12-14-22(15-13-21)31-25(34)24(32-28(37)39-30(4,5)6)18-19-8-16-23(17-9-19)33(7)26(35)20-10-11-20/h8-9,12-17,20,24H,10-11,18H2,1-7H3,(H,31,34)(H,32,37). The molecule has 1 unspecified atom stereocenters. The molecule has 2 N–H and O–H groups in total. The summed E-state index contributed by atoms with van der Waals surface area (Å²) >= 11 is 0. The van der Waals surface area contributed by atoms with Gasteiger partial charge >= 0.3 is 12.1 Å². The number of anilines is 2. The average Bonchev–Trinajstić information content (AvgIpc) is 3.67. The van der Waals surface area contributed by atoms with E-state index in [0.29, 0.717) is 11.3 Å². The molecule has 1 atom stereocenters. The van der Waals surface area contributed by atoms with Crippen molar-refractivity contribution in [2.75, 3.05) is 17.3 Å². The maximum atomic E-state index is 13.2. The van der Waals surface area contributed by atoms with Gasteiger partial charge in [-0.15, -0.1) is 0 Å². The van der Waals surface area contributed by atoms with Crippen molar-refractivity contribution in [3.05, 3.63) is 59.7 Å². The van der Waals surface area contributed by atoms with Gasteiger partial charge in [0.15, 0.2) is 0 Å². The molecule has 0 radical (unpaired) electrons. The molecule has 9 nitrogen and oxygen atoms in total. The highest BCUT2D eigenvalue weighted by Crippen LogP contribution is 2.32. The van der Waals surface area contributed by atoms with Crippen LogP contribution in [0.1, 0.15) is 70.3 Å². The van der Waals surface area contributed by atoms with Gasteiger partial charge in [0.25, 0.3) is 0 Å². The Balaban J connectivity index is 1.71. The van der Waals surface area contributed by atoms with Crippen LogP contribution >= 0.6 is 0 Å². The predicted octanol–water partition coefficient (Wildman–Crippen LogP) is 5.09. The molecule has 3 rings (SSSR count). The lowest BCUT2D eigenvalue weighted by Crippen LogP contribution is -2.47. The number of nitrogens with one attached hydrogen (secondary N) is 2. The first-order chi connectivity index (χ1) is 18.1. The molecule has 0 bridgehead atoms. The molecule has 0 aromatic heterocycles. The lowest BCUT2D eigenvalue weighted by Gasteiger charge is -2.24. The van der Waals surface area contributed by atoms with Gasteiger partial charge in [-0.3, -0.25) is 9.59 Å². The van der Waals surface area contributed by atoms with E-state index in [4.69, 9.17) is 9.47 Å². The third-order valence-electron chi connectivity index (χ3n) is 5.82. The van der Waals surface area contributed by atoms with Gasteiger partial charge < -0.3 is 25.0 Å². The molecular formula is C30H39N3O6. The number of carbonyl (C=O) groups is 4. The first-order valence-corrected chi connectivity index (χ1v) is 13.1. The zero-order chi connectivity index (χ0) is 29.0. The molecular weight excluding hydrogens is 498 g/mol. The van der Waals surface area contributed by atoms with E-state index in [1.165, 1.54) is 0 Å². The smallest absolute Gasteiger partial charge is 0.408 e. The molecule has 0 saturated heterocycles. The number of nitrogens with zero attached hydrogens (tertiary/aromatic N) is 1. The van der Waals surface area contributed by atoms with E-state index in [2.05, 4.69) is 10.6 Å². The second-order valence-corrected chi connectivity index (χ2v) is 11.8. The number of rotatable bonds is 8. The molecule has 9 heteroatoms. The van der Waals surface area contributed by atoms with Crippen LogP contribution in [0, 0.1) is 5.92 Å². The summed E-state index contributed by atoms with van der Waals surface area (Å²) in [7, 11) is 1.75. The van der Waals surface area contributed by atoms with Gasteiger partial charge in [0.1, 0.15) is 17.2 Å².